The smallest absolute Gasteiger partial charge is 0.138 e. The molecule has 0 aliphatic rings. The number of nitrogens with one attached hydrogen (secondary N) is 1. The van der Waals surface area contributed by atoms with Crippen LogP contribution in [0.1, 0.15) is 31.2 Å². The molecule has 16 heavy (non-hydrogen) atoms. The van der Waals surface area contributed by atoms with Crippen molar-refractivity contribution in [1.29, 1.82) is 0 Å². The van der Waals surface area contributed by atoms with E-state index in [1.54, 1.807) is 12.1 Å². The molecule has 1 aromatic rings. The standard InChI is InChI=1S/C12H20N2O2/c1-3-10(15)6-7-13-8-11-12(16)5-4-9(2)14-11/h4-5,10,13,15-16H,3,6-8H2,1-2H3. The number of nitrogens with zero attached hydrogens (tertiary/aromatic N) is 1. The summed E-state index contributed by atoms with van der Waals surface area (Å²) < 4.78 is 0. The van der Waals surface area contributed by atoms with E-state index in [1.165, 1.54) is 0 Å². The SMILES string of the molecule is CCC(O)CCNCc1nc(C)ccc1O. The topological polar surface area (TPSA) is 65.4 Å². The Kier molecular flexibility index (Phi) is 5.22. The van der Waals surface area contributed by atoms with Crippen LogP contribution in [0.3, 0.4) is 0 Å². The molecule has 0 aliphatic heterocycles. The Morgan fingerprint density at radius 1 is 1.44 bits per heavy atom. The van der Waals surface area contributed by atoms with E-state index in [9.17, 15) is 10.2 Å². The summed E-state index contributed by atoms with van der Waals surface area (Å²) in [7, 11) is 0. The molecule has 1 atom stereocenters. The average Bonchev–Trinajstić information content (AvgIpc) is 2.28. The quantitative estimate of drug-likeness (QED) is 0.638. The van der Waals surface area contributed by atoms with Gasteiger partial charge in [0.15, 0.2) is 0 Å². The van der Waals surface area contributed by atoms with Gasteiger partial charge in [0.05, 0.1) is 11.8 Å². The third-order valence-electron chi connectivity index (χ3n) is 2.51. The third-order valence-corrected chi connectivity index (χ3v) is 2.51. The molecule has 1 unspecified atom stereocenters. The highest BCUT2D eigenvalue weighted by molar-refractivity contribution is 5.27. The van der Waals surface area contributed by atoms with Gasteiger partial charge < -0.3 is 15.5 Å². The molecular formula is C12H20N2O2. The molecule has 0 spiro atoms. The Balaban J connectivity index is 2.34. The molecule has 1 aromatic heterocycles. The molecule has 0 aromatic carbocycles. The highest BCUT2D eigenvalue weighted by Crippen LogP contribution is 2.13. The first kappa shape index (κ1) is 12.9. The molecule has 3 N–H and O–H groups in total. The Hall–Kier alpha value is -1.13. The Labute approximate surface area is 96.3 Å². The predicted octanol–water partition coefficient (Wildman–Crippen LogP) is 1.35. The van der Waals surface area contributed by atoms with E-state index in [-0.39, 0.29) is 11.9 Å². The lowest BCUT2D eigenvalue weighted by Gasteiger charge is -2.09. The van der Waals surface area contributed by atoms with Gasteiger partial charge in [0, 0.05) is 12.2 Å². The van der Waals surface area contributed by atoms with Gasteiger partial charge in [-0.1, -0.05) is 6.92 Å². The zero-order valence-electron chi connectivity index (χ0n) is 9.90. The first-order valence-electron chi connectivity index (χ1n) is 5.67. The van der Waals surface area contributed by atoms with Crippen LogP contribution in [0.25, 0.3) is 0 Å². The van der Waals surface area contributed by atoms with Crippen molar-refractivity contribution in [1.82, 2.24) is 10.3 Å². The van der Waals surface area contributed by atoms with Crippen LogP contribution in [0.5, 0.6) is 5.75 Å². The monoisotopic (exact) mass is 224 g/mol. The molecule has 0 saturated carbocycles. The van der Waals surface area contributed by atoms with Crippen molar-refractivity contribution in [2.75, 3.05) is 6.54 Å². The lowest BCUT2D eigenvalue weighted by Crippen LogP contribution is -2.20. The Morgan fingerprint density at radius 3 is 2.88 bits per heavy atom. The number of aliphatic hydroxyl groups is 1. The number of pyridine rings is 1. The van der Waals surface area contributed by atoms with Gasteiger partial charge in [-0.05, 0) is 38.4 Å². The van der Waals surface area contributed by atoms with Gasteiger partial charge in [-0.3, -0.25) is 4.98 Å². The van der Waals surface area contributed by atoms with Crippen LogP contribution in [0.4, 0.5) is 0 Å². The van der Waals surface area contributed by atoms with E-state index in [4.69, 9.17) is 0 Å². The largest absolute Gasteiger partial charge is 0.506 e. The fourth-order valence-corrected chi connectivity index (χ4v) is 1.41. The van der Waals surface area contributed by atoms with E-state index in [0.29, 0.717) is 12.2 Å². The van der Waals surface area contributed by atoms with Crippen molar-refractivity contribution >= 4 is 0 Å². The number of aryl methyl sites for hydroxylation is 1. The van der Waals surface area contributed by atoms with Crippen molar-refractivity contribution in [3.8, 4) is 5.75 Å². The third kappa shape index (κ3) is 4.16. The summed E-state index contributed by atoms with van der Waals surface area (Å²) in [4.78, 5) is 4.23. The highest BCUT2D eigenvalue weighted by atomic mass is 16.3. The first-order valence-corrected chi connectivity index (χ1v) is 5.67. The summed E-state index contributed by atoms with van der Waals surface area (Å²) in [5.74, 6) is 0.217. The summed E-state index contributed by atoms with van der Waals surface area (Å²) in [6.07, 6.45) is 1.25. The van der Waals surface area contributed by atoms with E-state index in [2.05, 4.69) is 10.3 Å². The summed E-state index contributed by atoms with van der Waals surface area (Å²) >= 11 is 0. The molecule has 0 amide bonds. The predicted molar refractivity (Wildman–Crippen MR) is 63.3 cm³/mol. The van der Waals surface area contributed by atoms with Crippen molar-refractivity contribution in [3.63, 3.8) is 0 Å². The molecule has 4 heteroatoms. The van der Waals surface area contributed by atoms with E-state index < -0.39 is 0 Å². The van der Waals surface area contributed by atoms with Crippen molar-refractivity contribution in [3.05, 3.63) is 23.5 Å². The number of rotatable bonds is 6. The molecule has 0 fully saturated rings. The molecule has 0 radical (unpaired) electrons. The highest BCUT2D eigenvalue weighted by Gasteiger charge is 2.03. The molecule has 1 heterocycles. The zero-order chi connectivity index (χ0) is 12.0. The van der Waals surface area contributed by atoms with E-state index in [0.717, 1.165) is 25.1 Å². The molecule has 90 valence electrons. The Morgan fingerprint density at radius 2 is 2.19 bits per heavy atom. The van der Waals surface area contributed by atoms with Crippen LogP contribution >= 0.6 is 0 Å². The Bertz CT molecular complexity index is 329. The fourth-order valence-electron chi connectivity index (χ4n) is 1.41. The minimum Gasteiger partial charge on any atom is -0.506 e. The number of aromatic nitrogens is 1. The maximum atomic E-state index is 9.54. The molecule has 1 rings (SSSR count). The molecule has 4 nitrogen and oxygen atoms in total. The summed E-state index contributed by atoms with van der Waals surface area (Å²) in [5, 5.41) is 22.0. The van der Waals surface area contributed by atoms with Gasteiger partial charge in [-0.2, -0.15) is 0 Å². The second kappa shape index (κ2) is 6.45. The summed E-state index contributed by atoms with van der Waals surface area (Å²) in [6.45, 7) is 5.11. The lowest BCUT2D eigenvalue weighted by molar-refractivity contribution is 0.159. The van der Waals surface area contributed by atoms with Gasteiger partial charge in [-0.25, -0.2) is 0 Å². The first-order chi connectivity index (χ1) is 7.63. The number of aliphatic hydroxyl groups excluding tert-OH is 1. The second-order valence-corrected chi connectivity index (χ2v) is 3.95. The van der Waals surface area contributed by atoms with E-state index in [1.807, 2.05) is 13.8 Å². The van der Waals surface area contributed by atoms with Crippen LogP contribution < -0.4 is 5.32 Å². The maximum Gasteiger partial charge on any atom is 0.138 e. The van der Waals surface area contributed by atoms with Crippen LogP contribution in [0.2, 0.25) is 0 Å². The molecule has 0 saturated heterocycles. The minimum atomic E-state index is -0.244. The van der Waals surface area contributed by atoms with Gasteiger partial charge in [-0.15, -0.1) is 0 Å². The van der Waals surface area contributed by atoms with Crippen LogP contribution in [-0.2, 0) is 6.54 Å². The fraction of sp³-hybridized carbons (Fsp3) is 0.583. The summed E-state index contributed by atoms with van der Waals surface area (Å²) in [5.41, 5.74) is 1.55. The van der Waals surface area contributed by atoms with Gasteiger partial charge in [0.2, 0.25) is 0 Å². The minimum absolute atomic E-state index is 0.217. The van der Waals surface area contributed by atoms with Crippen LogP contribution in [0.15, 0.2) is 12.1 Å². The second-order valence-electron chi connectivity index (χ2n) is 3.95. The van der Waals surface area contributed by atoms with Crippen LogP contribution in [0, 0.1) is 6.92 Å². The van der Waals surface area contributed by atoms with Gasteiger partial charge in [0.25, 0.3) is 0 Å². The number of aromatic hydroxyl groups is 1. The van der Waals surface area contributed by atoms with E-state index >= 15 is 0 Å². The normalized spacial score (nSPS) is 12.7. The van der Waals surface area contributed by atoms with Gasteiger partial charge in [0.1, 0.15) is 5.75 Å². The summed E-state index contributed by atoms with van der Waals surface area (Å²) in [6, 6.07) is 3.43. The van der Waals surface area contributed by atoms with Crippen molar-refractivity contribution in [2.45, 2.75) is 39.3 Å². The maximum absolute atomic E-state index is 9.54. The molecule has 0 aliphatic carbocycles. The molecular weight excluding hydrogens is 204 g/mol. The van der Waals surface area contributed by atoms with Gasteiger partial charge >= 0.3 is 0 Å². The average molecular weight is 224 g/mol. The van der Waals surface area contributed by atoms with Crippen LogP contribution in [-0.4, -0.2) is 27.8 Å². The number of hydrogen-bond acceptors (Lipinski definition) is 4. The van der Waals surface area contributed by atoms with Crippen molar-refractivity contribution < 1.29 is 10.2 Å². The lowest BCUT2D eigenvalue weighted by atomic mass is 10.2. The van der Waals surface area contributed by atoms with Crippen molar-refractivity contribution in [2.24, 2.45) is 0 Å². The zero-order valence-corrected chi connectivity index (χ0v) is 9.90. The molecule has 0 bridgehead atoms. The number of hydrogen-bond donors (Lipinski definition) is 3.